The zero-order valence-corrected chi connectivity index (χ0v) is 24.2. The van der Waals surface area contributed by atoms with Crippen LogP contribution in [0, 0.1) is 0 Å². The second-order valence-electron chi connectivity index (χ2n) is 11.3. The lowest BCUT2D eigenvalue weighted by Crippen LogP contribution is -1.90. The van der Waals surface area contributed by atoms with Gasteiger partial charge in [0.2, 0.25) is 0 Å². The molecule has 0 bridgehead atoms. The molecule has 1 aromatic heterocycles. The van der Waals surface area contributed by atoms with Gasteiger partial charge in [0.15, 0.2) is 0 Å². The fraction of sp³-hybridized carbons (Fsp3) is 0. The average molecular weight is 563 g/mol. The zero-order valence-electron chi connectivity index (χ0n) is 23.4. The van der Waals surface area contributed by atoms with E-state index in [1.807, 2.05) is 11.3 Å². The van der Waals surface area contributed by atoms with Gasteiger partial charge in [-0.3, -0.25) is 0 Å². The van der Waals surface area contributed by atoms with E-state index in [-0.39, 0.29) is 0 Å². The Morgan fingerprint density at radius 3 is 1.51 bits per heavy atom. The van der Waals surface area contributed by atoms with Crippen molar-refractivity contribution in [2.75, 3.05) is 0 Å². The number of benzene rings is 8. The van der Waals surface area contributed by atoms with Crippen molar-refractivity contribution >= 4 is 64.5 Å². The predicted octanol–water partition coefficient (Wildman–Crippen LogP) is 12.5. The Morgan fingerprint density at radius 2 is 0.814 bits per heavy atom. The first-order valence-corrected chi connectivity index (χ1v) is 15.6. The van der Waals surface area contributed by atoms with Crippen molar-refractivity contribution in [3.05, 3.63) is 158 Å². The number of fused-ring (bicyclic) bond motifs is 9. The van der Waals surface area contributed by atoms with Crippen LogP contribution in [-0.2, 0) is 0 Å². The molecule has 200 valence electrons. The highest BCUT2D eigenvalue weighted by Crippen LogP contribution is 2.44. The summed E-state index contributed by atoms with van der Waals surface area (Å²) in [5, 5.41) is 11.7. The topological polar surface area (TPSA) is 0 Å². The van der Waals surface area contributed by atoms with Crippen LogP contribution < -0.4 is 0 Å². The molecule has 9 aromatic rings. The van der Waals surface area contributed by atoms with E-state index >= 15 is 0 Å². The van der Waals surface area contributed by atoms with Crippen molar-refractivity contribution in [1.82, 2.24) is 0 Å². The minimum atomic E-state index is 1.23. The summed E-state index contributed by atoms with van der Waals surface area (Å²) in [7, 11) is 0. The van der Waals surface area contributed by atoms with Gasteiger partial charge in [0.1, 0.15) is 0 Å². The maximum atomic E-state index is 2.43. The van der Waals surface area contributed by atoms with Gasteiger partial charge in [-0.25, -0.2) is 0 Å². The molecule has 43 heavy (non-hydrogen) atoms. The largest absolute Gasteiger partial charge is 0.135 e. The van der Waals surface area contributed by atoms with E-state index in [2.05, 4.69) is 158 Å². The minimum Gasteiger partial charge on any atom is -0.135 e. The van der Waals surface area contributed by atoms with Gasteiger partial charge in [-0.2, -0.15) is 0 Å². The molecule has 0 nitrogen and oxygen atoms in total. The lowest BCUT2D eigenvalue weighted by Gasteiger charge is -2.17. The lowest BCUT2D eigenvalue weighted by atomic mass is 9.87. The molecule has 0 unspecified atom stereocenters. The number of hydrogen-bond acceptors (Lipinski definition) is 1. The Labute approximate surface area is 254 Å². The van der Waals surface area contributed by atoms with Gasteiger partial charge >= 0.3 is 0 Å². The summed E-state index contributed by atoms with van der Waals surface area (Å²) in [4.78, 5) is 1.30. The quantitative estimate of drug-likeness (QED) is 0.188. The van der Waals surface area contributed by atoms with Crippen molar-refractivity contribution in [3.8, 4) is 32.7 Å². The molecule has 8 aromatic carbocycles. The van der Waals surface area contributed by atoms with E-state index in [1.54, 1.807) is 0 Å². The van der Waals surface area contributed by atoms with Crippen LogP contribution in [0.15, 0.2) is 158 Å². The highest BCUT2D eigenvalue weighted by atomic mass is 32.1. The van der Waals surface area contributed by atoms with Crippen LogP contribution in [-0.4, -0.2) is 0 Å². The van der Waals surface area contributed by atoms with Gasteiger partial charge in [0, 0.05) is 9.58 Å². The molecule has 9 rings (SSSR count). The van der Waals surface area contributed by atoms with E-state index < -0.39 is 0 Å². The molecule has 1 heterocycles. The van der Waals surface area contributed by atoms with E-state index in [1.165, 1.54) is 85.9 Å². The van der Waals surface area contributed by atoms with Gasteiger partial charge in [0.25, 0.3) is 0 Å². The van der Waals surface area contributed by atoms with Crippen LogP contribution >= 0.6 is 11.3 Å². The predicted molar refractivity (Wildman–Crippen MR) is 188 cm³/mol. The van der Waals surface area contributed by atoms with Crippen molar-refractivity contribution in [1.29, 1.82) is 0 Å². The molecule has 0 aliphatic heterocycles. The van der Waals surface area contributed by atoms with Crippen molar-refractivity contribution < 1.29 is 0 Å². The van der Waals surface area contributed by atoms with Crippen LogP contribution in [0.5, 0.6) is 0 Å². The van der Waals surface area contributed by atoms with Crippen LogP contribution in [0.25, 0.3) is 85.9 Å². The molecular formula is C42H26S. The van der Waals surface area contributed by atoms with Crippen molar-refractivity contribution in [2.45, 2.75) is 0 Å². The Bertz CT molecular complexity index is 2500. The molecule has 0 radical (unpaired) electrons. The molecule has 0 amide bonds. The first kappa shape index (κ1) is 24.4. The molecule has 0 spiro atoms. The van der Waals surface area contributed by atoms with Crippen molar-refractivity contribution in [2.24, 2.45) is 0 Å². The Kier molecular flexibility index (Phi) is 5.47. The van der Waals surface area contributed by atoms with Gasteiger partial charge < -0.3 is 0 Å². The van der Waals surface area contributed by atoms with Gasteiger partial charge in [-0.15, -0.1) is 11.3 Å². The second kappa shape index (κ2) is 9.66. The SMILES string of the molecule is c1ccc(-c2cc3c4ccccc4c4ccccc4c3cc2-c2cccc(-c3cc4ccc5ccccc5c4s3)c2)cc1. The molecule has 0 fully saturated rings. The molecule has 0 atom stereocenters. The Morgan fingerprint density at radius 1 is 0.302 bits per heavy atom. The molecule has 0 N–H and O–H groups in total. The van der Waals surface area contributed by atoms with Crippen LogP contribution in [0.2, 0.25) is 0 Å². The van der Waals surface area contributed by atoms with Crippen LogP contribution in [0.3, 0.4) is 0 Å². The highest BCUT2D eigenvalue weighted by Gasteiger charge is 2.16. The zero-order chi connectivity index (χ0) is 28.3. The van der Waals surface area contributed by atoms with Gasteiger partial charge in [-0.05, 0) is 101 Å². The monoisotopic (exact) mass is 562 g/mol. The minimum absolute atomic E-state index is 1.23. The van der Waals surface area contributed by atoms with E-state index in [4.69, 9.17) is 0 Å². The summed E-state index contributed by atoms with van der Waals surface area (Å²) >= 11 is 1.89. The van der Waals surface area contributed by atoms with Crippen LogP contribution in [0.4, 0.5) is 0 Å². The summed E-state index contributed by atoms with van der Waals surface area (Å²) in [5.41, 5.74) is 6.24. The number of thiophene rings is 1. The maximum Gasteiger partial charge on any atom is 0.0427 e. The summed E-state index contributed by atoms with van der Waals surface area (Å²) < 4.78 is 1.35. The third-order valence-corrected chi connectivity index (χ3v) is 10.1. The third-order valence-electron chi connectivity index (χ3n) is 8.83. The summed E-state index contributed by atoms with van der Waals surface area (Å²) in [6.45, 7) is 0. The average Bonchev–Trinajstić information content (AvgIpc) is 3.54. The molecule has 0 saturated carbocycles. The molecular weight excluding hydrogens is 537 g/mol. The van der Waals surface area contributed by atoms with Crippen LogP contribution in [0.1, 0.15) is 0 Å². The number of rotatable bonds is 3. The molecule has 0 saturated heterocycles. The smallest absolute Gasteiger partial charge is 0.0427 e. The summed E-state index contributed by atoms with van der Waals surface area (Å²) in [6, 6.07) is 58.0. The van der Waals surface area contributed by atoms with E-state index in [9.17, 15) is 0 Å². The Hall–Kier alpha value is -5.24. The second-order valence-corrected chi connectivity index (χ2v) is 12.3. The third kappa shape index (κ3) is 3.90. The van der Waals surface area contributed by atoms with Crippen molar-refractivity contribution in [3.63, 3.8) is 0 Å². The molecule has 1 heteroatoms. The number of hydrogen-bond donors (Lipinski definition) is 0. The van der Waals surface area contributed by atoms with Gasteiger partial charge in [-0.1, -0.05) is 133 Å². The van der Waals surface area contributed by atoms with E-state index in [0.29, 0.717) is 0 Å². The standard InChI is InChI=1S/C42H26S/c1-2-11-27(12-3-1)37-25-39-35-19-8-6-17-33(35)34-18-7-9-20-36(34)40(39)26-38(37)29-14-10-15-30(23-29)41-24-31-22-21-28-13-4-5-16-32(28)42(31)43-41/h1-26H. The molecule has 0 aliphatic carbocycles. The Balaban J connectivity index is 1.31. The lowest BCUT2D eigenvalue weighted by molar-refractivity contribution is 1.61. The molecule has 0 aliphatic rings. The summed E-state index contributed by atoms with van der Waals surface area (Å²) in [5.74, 6) is 0. The first-order chi connectivity index (χ1) is 21.3. The highest BCUT2D eigenvalue weighted by molar-refractivity contribution is 7.23. The first-order valence-electron chi connectivity index (χ1n) is 14.8. The van der Waals surface area contributed by atoms with Gasteiger partial charge in [0.05, 0.1) is 0 Å². The fourth-order valence-electron chi connectivity index (χ4n) is 6.80. The fourth-order valence-corrected chi connectivity index (χ4v) is 7.99. The van der Waals surface area contributed by atoms with E-state index in [0.717, 1.165) is 0 Å². The maximum absolute atomic E-state index is 2.43. The normalized spacial score (nSPS) is 11.7. The summed E-state index contributed by atoms with van der Waals surface area (Å²) in [6.07, 6.45) is 0.